The molecule has 0 aromatic heterocycles. The Kier molecular flexibility index (Phi) is 12.7. The molecular weight excluding hydrogens is 355 g/mol. The topological polar surface area (TPSA) is 26.3 Å². The molecule has 0 aromatic carbocycles. The van der Waals surface area contributed by atoms with Crippen molar-refractivity contribution in [2.75, 3.05) is 7.11 Å². The summed E-state index contributed by atoms with van der Waals surface area (Å²) < 4.78 is 11.7. The molecule has 0 aliphatic carbocycles. The molecule has 0 heterocycles. The van der Waals surface area contributed by atoms with Gasteiger partial charge in [0.1, 0.15) is 0 Å². The normalized spacial score (nSPS) is 12.0. The maximum atomic E-state index is 11.3. The van der Waals surface area contributed by atoms with Gasteiger partial charge in [-0.15, -0.1) is 0 Å². The Morgan fingerprint density at radius 2 is 1.40 bits per heavy atom. The van der Waals surface area contributed by atoms with E-state index in [1.54, 1.807) is 0 Å². The average Bonchev–Trinajstić information content (AvgIpc) is 2.48. The first-order valence-corrected chi connectivity index (χ1v) is 16.1. The molecular formula is C17H34O2Sn. The molecule has 118 valence electrons. The molecule has 0 amide bonds. The van der Waals surface area contributed by atoms with Crippen LogP contribution in [-0.2, 0) is 9.53 Å². The molecule has 0 rings (SSSR count). The molecule has 0 atom stereocenters. The predicted octanol–water partition coefficient (Wildman–Crippen LogP) is 5.49. The number of carbonyl (C=O) groups is 1. The Hall–Kier alpha value is 0.00870. The van der Waals surface area contributed by atoms with Gasteiger partial charge in [0.15, 0.2) is 0 Å². The molecule has 0 saturated heterocycles. The molecule has 0 bridgehead atoms. The number of carbonyl (C=O) groups excluding carboxylic acids is 1. The van der Waals surface area contributed by atoms with E-state index in [2.05, 4.69) is 30.9 Å². The molecule has 20 heavy (non-hydrogen) atoms. The van der Waals surface area contributed by atoms with Gasteiger partial charge in [-0.25, -0.2) is 0 Å². The van der Waals surface area contributed by atoms with E-state index in [1.165, 1.54) is 58.9 Å². The summed E-state index contributed by atoms with van der Waals surface area (Å²) in [5.41, 5.74) is 0. The number of unbranched alkanes of at least 4 members (excludes halogenated alkanes) is 3. The molecule has 0 N–H and O–H groups in total. The second kappa shape index (κ2) is 12.7. The molecule has 0 spiro atoms. The number of methoxy groups -OCH3 is 1. The monoisotopic (exact) mass is 390 g/mol. The van der Waals surface area contributed by atoms with Gasteiger partial charge in [-0.3, -0.25) is 0 Å². The van der Waals surface area contributed by atoms with E-state index < -0.39 is 18.4 Å². The predicted molar refractivity (Wildman–Crippen MR) is 90.7 cm³/mol. The van der Waals surface area contributed by atoms with Crippen molar-refractivity contribution >= 4 is 24.3 Å². The number of esters is 1. The summed E-state index contributed by atoms with van der Waals surface area (Å²) in [6.45, 7) is 6.86. The fourth-order valence-corrected chi connectivity index (χ4v) is 17.1. The van der Waals surface area contributed by atoms with Crippen molar-refractivity contribution in [1.29, 1.82) is 0 Å². The van der Waals surface area contributed by atoms with Gasteiger partial charge in [-0.2, -0.15) is 0 Å². The van der Waals surface area contributed by atoms with Gasteiger partial charge < -0.3 is 0 Å². The van der Waals surface area contributed by atoms with Gasteiger partial charge in [-0.05, 0) is 0 Å². The van der Waals surface area contributed by atoms with Gasteiger partial charge in [0.25, 0.3) is 0 Å². The minimum atomic E-state index is -2.16. The van der Waals surface area contributed by atoms with Crippen molar-refractivity contribution in [3.8, 4) is 0 Å². The van der Waals surface area contributed by atoms with Crippen LogP contribution in [0.4, 0.5) is 0 Å². The summed E-state index contributed by atoms with van der Waals surface area (Å²) in [5, 5.41) is 0. The Morgan fingerprint density at radius 3 is 1.75 bits per heavy atom. The molecule has 0 fully saturated rings. The molecule has 0 aliphatic heterocycles. The first kappa shape index (κ1) is 20.0. The number of ether oxygens (including phenoxy) is 1. The second-order valence-corrected chi connectivity index (χ2v) is 18.9. The fourth-order valence-electron chi connectivity index (χ4n) is 2.70. The van der Waals surface area contributed by atoms with Crippen LogP contribution in [0.2, 0.25) is 13.3 Å². The third-order valence-electron chi connectivity index (χ3n) is 4.07. The van der Waals surface area contributed by atoms with E-state index in [-0.39, 0.29) is 5.97 Å². The van der Waals surface area contributed by atoms with E-state index in [1.807, 2.05) is 0 Å². The van der Waals surface area contributed by atoms with E-state index in [0.29, 0.717) is 6.42 Å². The molecule has 3 heteroatoms. The Balaban J connectivity index is 4.77. The Labute approximate surface area is 130 Å². The van der Waals surface area contributed by atoms with Gasteiger partial charge in [-0.1, -0.05) is 0 Å². The van der Waals surface area contributed by atoms with E-state index >= 15 is 0 Å². The average molecular weight is 389 g/mol. The van der Waals surface area contributed by atoms with Crippen molar-refractivity contribution in [3.63, 3.8) is 0 Å². The zero-order chi connectivity index (χ0) is 15.3. The minimum absolute atomic E-state index is 0.108. The third kappa shape index (κ3) is 9.04. The zero-order valence-electron chi connectivity index (χ0n) is 14.0. The van der Waals surface area contributed by atoms with E-state index in [9.17, 15) is 4.79 Å². The summed E-state index contributed by atoms with van der Waals surface area (Å²) in [4.78, 5) is 11.3. The molecule has 0 aromatic rings. The zero-order valence-corrected chi connectivity index (χ0v) is 16.9. The summed E-state index contributed by atoms with van der Waals surface area (Å²) in [6.07, 6.45) is 10.6. The van der Waals surface area contributed by atoms with Crippen molar-refractivity contribution in [1.82, 2.24) is 0 Å². The molecule has 0 radical (unpaired) electrons. The van der Waals surface area contributed by atoms with Crippen molar-refractivity contribution in [2.24, 2.45) is 0 Å². The van der Waals surface area contributed by atoms with Crippen LogP contribution in [0.1, 0.15) is 65.7 Å². The second-order valence-electron chi connectivity index (χ2n) is 5.86. The molecule has 0 saturated carbocycles. The van der Waals surface area contributed by atoms with E-state index in [4.69, 9.17) is 4.74 Å². The van der Waals surface area contributed by atoms with Crippen LogP contribution in [0.25, 0.3) is 0 Å². The van der Waals surface area contributed by atoms with Crippen molar-refractivity contribution < 1.29 is 9.53 Å². The van der Waals surface area contributed by atoms with Gasteiger partial charge >= 0.3 is 130 Å². The van der Waals surface area contributed by atoms with Crippen LogP contribution in [0.15, 0.2) is 10.2 Å². The first-order chi connectivity index (χ1) is 9.64. The first-order valence-electron chi connectivity index (χ1n) is 8.38. The Morgan fingerprint density at radius 1 is 0.950 bits per heavy atom. The van der Waals surface area contributed by atoms with Crippen LogP contribution in [0, 0.1) is 0 Å². The number of hydrogen-bond donors (Lipinski definition) is 0. The summed E-state index contributed by atoms with van der Waals surface area (Å²) in [6, 6.07) is 0. The van der Waals surface area contributed by atoms with Gasteiger partial charge in [0.2, 0.25) is 0 Å². The fraction of sp³-hybridized carbons (Fsp3) is 0.824. The Bertz CT molecular complexity index is 252. The molecule has 0 aliphatic rings. The summed E-state index contributed by atoms with van der Waals surface area (Å²) in [7, 11) is 1.47. The number of hydrogen-bond acceptors (Lipinski definition) is 2. The quantitative estimate of drug-likeness (QED) is 0.326. The van der Waals surface area contributed by atoms with Crippen molar-refractivity contribution in [2.45, 2.75) is 79.0 Å². The summed E-state index contributed by atoms with van der Waals surface area (Å²) >= 11 is -2.16. The van der Waals surface area contributed by atoms with Crippen LogP contribution in [0.5, 0.6) is 0 Å². The van der Waals surface area contributed by atoms with E-state index in [0.717, 1.165) is 0 Å². The third-order valence-corrected chi connectivity index (χ3v) is 18.3. The van der Waals surface area contributed by atoms with Crippen LogP contribution in [-0.4, -0.2) is 31.5 Å². The summed E-state index contributed by atoms with van der Waals surface area (Å²) in [5.74, 6) is -0.108. The van der Waals surface area contributed by atoms with Crippen LogP contribution < -0.4 is 0 Å². The van der Waals surface area contributed by atoms with Crippen LogP contribution in [0.3, 0.4) is 0 Å². The van der Waals surface area contributed by atoms with Crippen molar-refractivity contribution in [3.05, 3.63) is 10.2 Å². The standard InChI is InChI=1S/C5H7O2.3C4H9.Sn/c1-3-4-5(6)7-2;3*1-3-4-2;/h1,3H,4H2,2H3;3*1,3-4H2,2H3;. The van der Waals surface area contributed by atoms with Gasteiger partial charge in [0.05, 0.1) is 0 Å². The van der Waals surface area contributed by atoms with Crippen LogP contribution >= 0.6 is 0 Å². The number of rotatable bonds is 12. The molecule has 2 nitrogen and oxygen atoms in total. The van der Waals surface area contributed by atoms with Gasteiger partial charge in [0, 0.05) is 0 Å². The SMILES string of the molecule is CCC[CH2][Sn](/[CH]=C/CC(=O)OC)([CH2]CCC)[CH2]CCC. The molecule has 0 unspecified atom stereocenters. The maximum absolute atomic E-state index is 11.3.